The summed E-state index contributed by atoms with van der Waals surface area (Å²) in [4.78, 5) is 100. The smallest absolute Gasteiger partial charge is 0.406 e. The zero-order valence-electron chi connectivity index (χ0n) is 35.0. The average molecular weight is 896 g/mol. The van der Waals surface area contributed by atoms with E-state index < -0.39 is 120 Å². The Balaban J connectivity index is 1.51. The van der Waals surface area contributed by atoms with Gasteiger partial charge in [-0.3, -0.25) is 24.0 Å². The van der Waals surface area contributed by atoms with Gasteiger partial charge in [-0.25, -0.2) is 13.6 Å². The Kier molecular flexibility index (Phi) is 15.0. The molecule has 17 nitrogen and oxygen atoms in total. The van der Waals surface area contributed by atoms with Crippen LogP contribution in [0.5, 0.6) is 5.75 Å². The largest absolute Gasteiger partial charge is 0.573 e. The maximum Gasteiger partial charge on any atom is 0.573 e. The van der Waals surface area contributed by atoms with Crippen molar-refractivity contribution < 1.29 is 70.1 Å². The van der Waals surface area contributed by atoms with Crippen molar-refractivity contribution in [3.63, 3.8) is 0 Å². The second-order valence-corrected chi connectivity index (χ2v) is 16.2. The summed E-state index contributed by atoms with van der Waals surface area (Å²) < 4.78 is 76.8. The predicted molar refractivity (Wildman–Crippen MR) is 211 cm³/mol. The fourth-order valence-corrected chi connectivity index (χ4v) is 8.26. The number of ether oxygens (including phenoxy) is 2. The monoisotopic (exact) mass is 895 g/mol. The number of aliphatic hydroxyl groups is 1. The van der Waals surface area contributed by atoms with Crippen LogP contribution in [0.15, 0.2) is 42.5 Å². The van der Waals surface area contributed by atoms with Crippen molar-refractivity contribution in [1.82, 2.24) is 30.7 Å². The number of urea groups is 1. The third-order valence-electron chi connectivity index (χ3n) is 11.2. The summed E-state index contributed by atoms with van der Waals surface area (Å²) in [7, 11) is 1.25. The summed E-state index contributed by atoms with van der Waals surface area (Å²) in [5.74, 6) is -7.11. The molecule has 0 saturated carbocycles. The summed E-state index contributed by atoms with van der Waals surface area (Å²) in [5, 5.41) is 20.5. The third-order valence-corrected chi connectivity index (χ3v) is 11.2. The minimum absolute atomic E-state index is 0.0116. The van der Waals surface area contributed by atoms with Crippen molar-refractivity contribution in [3.05, 3.63) is 59.7 Å². The first-order chi connectivity index (χ1) is 29.5. The molecule has 3 fully saturated rings. The van der Waals surface area contributed by atoms with Crippen LogP contribution in [0.1, 0.15) is 52.5 Å². The number of amides is 7. The maximum atomic E-state index is 14.7. The first-order valence-corrected chi connectivity index (χ1v) is 20.2. The third kappa shape index (κ3) is 11.6. The number of likely N-dealkylation sites (N-methyl/N-ethyl adjacent to an activating group) is 1. The number of nitrogens with one attached hydrogen (secondary N) is 4. The van der Waals surface area contributed by atoms with Crippen LogP contribution >= 0.6 is 0 Å². The molecule has 3 saturated heterocycles. The number of rotatable bonds is 9. The molecule has 3 aliphatic heterocycles. The van der Waals surface area contributed by atoms with Gasteiger partial charge in [0.1, 0.15) is 59.4 Å². The van der Waals surface area contributed by atoms with Gasteiger partial charge in [0.25, 0.3) is 0 Å². The fraction of sp³-hybridized carbons (Fsp3) is 0.537. The Labute approximate surface area is 359 Å². The number of aliphatic hydroxyl groups excluding tert-OH is 1. The number of aldehydes is 1. The summed E-state index contributed by atoms with van der Waals surface area (Å²) in [6.07, 6.45) is -7.28. The summed E-state index contributed by atoms with van der Waals surface area (Å²) in [6, 6.07) is -2.13. The molecule has 0 aliphatic carbocycles. The molecule has 3 aliphatic rings. The normalized spacial score (nSPS) is 27.2. The lowest BCUT2D eigenvalue weighted by molar-refractivity contribution is -0.274. The molecule has 2 aromatic rings. The SMILES string of the molecule is C[C@@H]1CN2C(=O)[C@H](C)NC(=O)[C@H]([C@@H](C)O)N(C)C(=O)[C@@H]3CCCN3C(=O)[C@@H](NC(=O)[C@H](Cc3cc(F)cc(F)c3)NC(=O)Nc3ccc(OC(F)(F)F)cc3)[C@H](C)OCC2(C=O)C1. The molecule has 2 aromatic carbocycles. The first-order valence-electron chi connectivity index (χ1n) is 20.2. The lowest BCUT2D eigenvalue weighted by Crippen LogP contribution is -2.64. The molecule has 1 unspecified atom stereocenters. The molecule has 63 heavy (non-hydrogen) atoms. The molecule has 5 N–H and O–H groups in total. The number of alkyl halides is 3. The Hall–Kier alpha value is -5.90. The van der Waals surface area contributed by atoms with Crippen molar-refractivity contribution in [3.8, 4) is 5.75 Å². The Morgan fingerprint density at radius 2 is 1.68 bits per heavy atom. The minimum Gasteiger partial charge on any atom is -0.406 e. The number of anilines is 1. The van der Waals surface area contributed by atoms with Gasteiger partial charge < -0.3 is 55.3 Å². The zero-order chi connectivity index (χ0) is 46.6. The molecule has 0 radical (unpaired) electrons. The number of benzene rings is 2. The van der Waals surface area contributed by atoms with Crippen molar-refractivity contribution in [2.45, 2.75) is 108 Å². The Bertz CT molecular complexity index is 2040. The fourth-order valence-electron chi connectivity index (χ4n) is 8.26. The highest BCUT2D eigenvalue weighted by molar-refractivity contribution is 5.98. The van der Waals surface area contributed by atoms with Crippen LogP contribution in [-0.4, -0.2) is 143 Å². The molecule has 22 heteroatoms. The molecular formula is C41H50F5N7O10. The second kappa shape index (κ2) is 19.7. The van der Waals surface area contributed by atoms with Crippen LogP contribution in [0.2, 0.25) is 0 Å². The molecular weight excluding hydrogens is 845 g/mol. The van der Waals surface area contributed by atoms with Crippen molar-refractivity contribution in [2.75, 3.05) is 32.1 Å². The van der Waals surface area contributed by atoms with Gasteiger partial charge in [-0.2, -0.15) is 0 Å². The Morgan fingerprint density at radius 1 is 1.03 bits per heavy atom. The number of carbonyl (C=O) groups is 7. The van der Waals surface area contributed by atoms with E-state index in [1.807, 2.05) is 0 Å². The highest BCUT2D eigenvalue weighted by atomic mass is 19.4. The van der Waals surface area contributed by atoms with Gasteiger partial charge in [-0.05, 0) is 87.9 Å². The standard InChI is InChI=1S/C41H50F5N7O10/c1-21-17-40(19-54)20-62-24(4)32(38(60)52-12-6-7-31(52)37(59)51(5)33(23(3)55)35(57)47-22(2)36(58)53(40)18-21)50-34(56)30(15-25-13-26(42)16-27(43)14-25)49-39(61)48-28-8-10-29(11-9-28)63-41(44,45)46/h8-11,13-14,16,19,21-24,30-33,55H,6-7,12,15,17-18,20H2,1-5H3,(H,47,57)(H,50,56)(H2,48,49,61)/t21-,22-,23+,24-,30-,31-,32-,33-,40?/m0/s1. The van der Waals surface area contributed by atoms with Gasteiger partial charge >= 0.3 is 12.4 Å². The van der Waals surface area contributed by atoms with E-state index in [4.69, 9.17) is 4.74 Å². The van der Waals surface area contributed by atoms with Crippen LogP contribution in [0.25, 0.3) is 0 Å². The summed E-state index contributed by atoms with van der Waals surface area (Å²) in [5.41, 5.74) is -1.77. The van der Waals surface area contributed by atoms with E-state index in [1.165, 1.54) is 37.6 Å². The van der Waals surface area contributed by atoms with Crippen LogP contribution in [0, 0.1) is 17.6 Å². The molecule has 9 atom stereocenters. The van der Waals surface area contributed by atoms with Crippen LogP contribution in [0.3, 0.4) is 0 Å². The number of halogens is 5. The van der Waals surface area contributed by atoms with Crippen LogP contribution in [-0.2, 0) is 39.9 Å². The van der Waals surface area contributed by atoms with Gasteiger partial charge in [0.2, 0.25) is 29.5 Å². The molecule has 0 aromatic heterocycles. The number of carbonyl (C=O) groups excluding carboxylic acids is 7. The van der Waals surface area contributed by atoms with E-state index in [1.54, 1.807) is 6.92 Å². The first kappa shape index (κ1) is 48.1. The van der Waals surface area contributed by atoms with E-state index in [9.17, 15) is 60.6 Å². The molecule has 7 amide bonds. The molecule has 3 heterocycles. The van der Waals surface area contributed by atoms with E-state index in [-0.39, 0.29) is 43.1 Å². The summed E-state index contributed by atoms with van der Waals surface area (Å²) >= 11 is 0. The Morgan fingerprint density at radius 3 is 2.29 bits per heavy atom. The minimum atomic E-state index is -4.98. The van der Waals surface area contributed by atoms with E-state index in [0.29, 0.717) is 18.8 Å². The van der Waals surface area contributed by atoms with Gasteiger partial charge in [0.15, 0.2) is 0 Å². The van der Waals surface area contributed by atoms with Crippen molar-refractivity contribution in [1.29, 1.82) is 0 Å². The topological polar surface area (TPSA) is 216 Å². The zero-order valence-corrected chi connectivity index (χ0v) is 35.0. The predicted octanol–water partition coefficient (Wildman–Crippen LogP) is 2.01. The molecule has 5 rings (SSSR count). The lowest BCUT2D eigenvalue weighted by Gasteiger charge is -2.39. The highest BCUT2D eigenvalue weighted by Gasteiger charge is 2.50. The van der Waals surface area contributed by atoms with Gasteiger partial charge in [-0.15, -0.1) is 13.2 Å². The van der Waals surface area contributed by atoms with Crippen LogP contribution in [0.4, 0.5) is 32.4 Å². The van der Waals surface area contributed by atoms with E-state index in [0.717, 1.165) is 41.3 Å². The molecule has 0 spiro atoms. The lowest BCUT2D eigenvalue weighted by atomic mass is 9.94. The van der Waals surface area contributed by atoms with Gasteiger partial charge in [0.05, 0.1) is 18.8 Å². The van der Waals surface area contributed by atoms with E-state index in [2.05, 4.69) is 26.0 Å². The quantitative estimate of drug-likeness (QED) is 0.182. The number of hydrogen-bond acceptors (Lipinski definition) is 10. The van der Waals surface area contributed by atoms with E-state index >= 15 is 0 Å². The number of fused-ring (bicyclic) bond motifs is 2. The van der Waals surface area contributed by atoms with Crippen LogP contribution < -0.4 is 26.0 Å². The number of hydrogen-bond donors (Lipinski definition) is 5. The van der Waals surface area contributed by atoms with Crippen molar-refractivity contribution in [2.24, 2.45) is 5.92 Å². The summed E-state index contributed by atoms with van der Waals surface area (Å²) in [6.45, 7) is 5.41. The van der Waals surface area contributed by atoms with Gasteiger partial charge in [0, 0.05) is 38.3 Å². The number of nitrogens with zero attached hydrogens (tertiary/aromatic N) is 3. The van der Waals surface area contributed by atoms with Gasteiger partial charge in [-0.1, -0.05) is 6.92 Å². The average Bonchev–Trinajstić information content (AvgIpc) is 3.82. The second-order valence-electron chi connectivity index (χ2n) is 16.2. The molecule has 0 bridgehead atoms. The maximum absolute atomic E-state index is 14.7. The van der Waals surface area contributed by atoms with Crippen molar-refractivity contribution >= 4 is 47.5 Å². The highest BCUT2D eigenvalue weighted by Crippen LogP contribution is 2.34. The molecule has 344 valence electrons.